The summed E-state index contributed by atoms with van der Waals surface area (Å²) in [6.07, 6.45) is 0. The van der Waals surface area contributed by atoms with Gasteiger partial charge in [0, 0.05) is 13.1 Å². The summed E-state index contributed by atoms with van der Waals surface area (Å²) >= 11 is 0. The van der Waals surface area contributed by atoms with Gasteiger partial charge < -0.3 is 5.32 Å². The Bertz CT molecular complexity index is 409. The Balaban J connectivity index is 1.99. The Morgan fingerprint density at radius 3 is 2.80 bits per heavy atom. The molecule has 1 heterocycles. The van der Waals surface area contributed by atoms with Crippen LogP contribution in [-0.2, 0) is 13.1 Å². The van der Waals surface area contributed by atoms with Crippen LogP contribution in [0.2, 0.25) is 0 Å². The molecule has 0 spiro atoms. The second-order valence-corrected chi connectivity index (χ2v) is 3.16. The van der Waals surface area contributed by atoms with Crippen LogP contribution in [-0.4, -0.2) is 20.2 Å². The predicted octanol–water partition coefficient (Wildman–Crippen LogP) is 1.31. The van der Waals surface area contributed by atoms with Gasteiger partial charge in [-0.05, 0) is 22.9 Å². The van der Waals surface area contributed by atoms with E-state index in [4.69, 9.17) is 0 Å². The lowest BCUT2D eigenvalue weighted by Crippen LogP contribution is -2.07. The molecule has 0 aliphatic rings. The molecule has 2 aromatic rings. The SMILES string of the molecule is CCn1nnnc1NCc1ccccc1. The van der Waals surface area contributed by atoms with Crippen molar-refractivity contribution in [3.8, 4) is 0 Å². The molecule has 0 saturated carbocycles. The van der Waals surface area contributed by atoms with Crippen molar-refractivity contribution in [3.63, 3.8) is 0 Å². The van der Waals surface area contributed by atoms with Crippen LogP contribution in [0.25, 0.3) is 0 Å². The van der Waals surface area contributed by atoms with E-state index in [0.29, 0.717) is 5.95 Å². The molecule has 0 atom stereocenters. The highest BCUT2D eigenvalue weighted by Gasteiger charge is 2.02. The molecule has 15 heavy (non-hydrogen) atoms. The van der Waals surface area contributed by atoms with Gasteiger partial charge in [-0.25, -0.2) is 4.68 Å². The number of benzene rings is 1. The fourth-order valence-electron chi connectivity index (χ4n) is 1.32. The maximum atomic E-state index is 3.89. The van der Waals surface area contributed by atoms with Crippen LogP contribution in [0.1, 0.15) is 12.5 Å². The van der Waals surface area contributed by atoms with Crippen molar-refractivity contribution in [2.24, 2.45) is 0 Å². The van der Waals surface area contributed by atoms with Crippen LogP contribution in [0.5, 0.6) is 0 Å². The quantitative estimate of drug-likeness (QED) is 0.813. The fourth-order valence-corrected chi connectivity index (χ4v) is 1.32. The summed E-state index contributed by atoms with van der Waals surface area (Å²) in [7, 11) is 0. The van der Waals surface area contributed by atoms with Crippen molar-refractivity contribution >= 4 is 5.95 Å². The van der Waals surface area contributed by atoms with Gasteiger partial charge in [-0.15, -0.1) is 0 Å². The first kappa shape index (κ1) is 9.64. The average Bonchev–Trinajstić information content (AvgIpc) is 2.75. The topological polar surface area (TPSA) is 55.6 Å². The summed E-state index contributed by atoms with van der Waals surface area (Å²) in [5, 5.41) is 14.5. The van der Waals surface area contributed by atoms with Crippen molar-refractivity contribution < 1.29 is 0 Å². The van der Waals surface area contributed by atoms with Crippen LogP contribution in [0.3, 0.4) is 0 Å². The minimum absolute atomic E-state index is 0.710. The van der Waals surface area contributed by atoms with Gasteiger partial charge in [0.1, 0.15) is 0 Å². The molecule has 1 aromatic carbocycles. The van der Waals surface area contributed by atoms with E-state index in [0.717, 1.165) is 13.1 Å². The van der Waals surface area contributed by atoms with Crippen LogP contribution < -0.4 is 5.32 Å². The zero-order valence-electron chi connectivity index (χ0n) is 8.59. The Morgan fingerprint density at radius 2 is 2.07 bits per heavy atom. The van der Waals surface area contributed by atoms with Gasteiger partial charge in [-0.3, -0.25) is 0 Å². The number of anilines is 1. The van der Waals surface area contributed by atoms with Gasteiger partial charge in [0.15, 0.2) is 0 Å². The summed E-state index contributed by atoms with van der Waals surface area (Å²) in [4.78, 5) is 0. The van der Waals surface area contributed by atoms with Crippen LogP contribution in [0.4, 0.5) is 5.95 Å². The van der Waals surface area contributed by atoms with Gasteiger partial charge in [0.2, 0.25) is 5.95 Å². The first-order chi connectivity index (χ1) is 7.40. The number of hydrogen-bond donors (Lipinski definition) is 1. The summed E-state index contributed by atoms with van der Waals surface area (Å²) in [5.41, 5.74) is 1.21. The third-order valence-corrected chi connectivity index (χ3v) is 2.12. The molecule has 0 unspecified atom stereocenters. The van der Waals surface area contributed by atoms with Crippen molar-refractivity contribution in [1.29, 1.82) is 0 Å². The number of nitrogens with one attached hydrogen (secondary N) is 1. The Kier molecular flexibility index (Phi) is 2.92. The number of hydrogen-bond acceptors (Lipinski definition) is 4. The predicted molar refractivity (Wildman–Crippen MR) is 57.3 cm³/mol. The lowest BCUT2D eigenvalue weighted by Gasteiger charge is -2.04. The van der Waals surface area contributed by atoms with E-state index in [2.05, 4.69) is 33.0 Å². The number of aromatic nitrogens is 4. The summed E-state index contributed by atoms with van der Waals surface area (Å²) in [6.45, 7) is 3.51. The highest BCUT2D eigenvalue weighted by molar-refractivity contribution is 5.25. The van der Waals surface area contributed by atoms with E-state index in [1.807, 2.05) is 25.1 Å². The van der Waals surface area contributed by atoms with Gasteiger partial charge in [-0.2, -0.15) is 0 Å². The molecule has 5 nitrogen and oxygen atoms in total. The normalized spacial score (nSPS) is 10.2. The molecule has 0 radical (unpaired) electrons. The molecule has 5 heteroatoms. The molecule has 0 aliphatic carbocycles. The number of aryl methyl sites for hydroxylation is 1. The van der Waals surface area contributed by atoms with Gasteiger partial charge in [0.05, 0.1) is 0 Å². The Hall–Kier alpha value is -1.91. The van der Waals surface area contributed by atoms with Crippen molar-refractivity contribution in [2.45, 2.75) is 20.0 Å². The molecule has 0 bridgehead atoms. The summed E-state index contributed by atoms with van der Waals surface area (Å²) < 4.78 is 1.73. The van der Waals surface area contributed by atoms with E-state index in [1.54, 1.807) is 4.68 Å². The monoisotopic (exact) mass is 203 g/mol. The lowest BCUT2D eigenvalue weighted by molar-refractivity contribution is 0.629. The largest absolute Gasteiger partial charge is 0.349 e. The third kappa shape index (κ3) is 2.31. The molecule has 0 saturated heterocycles. The smallest absolute Gasteiger partial charge is 0.243 e. The zero-order valence-corrected chi connectivity index (χ0v) is 8.59. The van der Waals surface area contributed by atoms with E-state index >= 15 is 0 Å². The maximum absolute atomic E-state index is 3.89. The van der Waals surface area contributed by atoms with Crippen molar-refractivity contribution in [1.82, 2.24) is 20.2 Å². The molecular weight excluding hydrogens is 190 g/mol. The number of tetrazole rings is 1. The first-order valence-electron chi connectivity index (χ1n) is 4.94. The fraction of sp³-hybridized carbons (Fsp3) is 0.300. The molecule has 1 aromatic heterocycles. The molecule has 0 aliphatic heterocycles. The standard InChI is InChI=1S/C10H13N5/c1-2-15-10(12-13-14-15)11-8-9-6-4-3-5-7-9/h3-7H,2,8H2,1H3,(H,11,12,14). The van der Waals surface area contributed by atoms with Crippen LogP contribution in [0, 0.1) is 0 Å². The van der Waals surface area contributed by atoms with Crippen LogP contribution in [0.15, 0.2) is 30.3 Å². The third-order valence-electron chi connectivity index (χ3n) is 2.12. The minimum atomic E-state index is 0.710. The molecular formula is C10H13N5. The molecule has 1 N–H and O–H groups in total. The van der Waals surface area contributed by atoms with Crippen LogP contribution >= 0.6 is 0 Å². The van der Waals surface area contributed by atoms with Gasteiger partial charge >= 0.3 is 0 Å². The van der Waals surface area contributed by atoms with Gasteiger partial charge in [0.25, 0.3) is 0 Å². The van der Waals surface area contributed by atoms with E-state index in [9.17, 15) is 0 Å². The Labute approximate surface area is 88.1 Å². The van der Waals surface area contributed by atoms with E-state index in [-0.39, 0.29) is 0 Å². The van der Waals surface area contributed by atoms with E-state index in [1.165, 1.54) is 5.56 Å². The molecule has 0 fully saturated rings. The average molecular weight is 203 g/mol. The van der Waals surface area contributed by atoms with Gasteiger partial charge in [-0.1, -0.05) is 35.4 Å². The highest BCUT2D eigenvalue weighted by Crippen LogP contribution is 2.03. The second-order valence-electron chi connectivity index (χ2n) is 3.16. The zero-order chi connectivity index (χ0) is 10.5. The lowest BCUT2D eigenvalue weighted by atomic mass is 10.2. The number of nitrogens with zero attached hydrogens (tertiary/aromatic N) is 4. The Morgan fingerprint density at radius 1 is 1.27 bits per heavy atom. The summed E-state index contributed by atoms with van der Waals surface area (Å²) in [6, 6.07) is 10.2. The highest BCUT2D eigenvalue weighted by atomic mass is 15.6. The second kappa shape index (κ2) is 4.54. The molecule has 0 amide bonds. The maximum Gasteiger partial charge on any atom is 0.243 e. The van der Waals surface area contributed by atoms with Crippen molar-refractivity contribution in [3.05, 3.63) is 35.9 Å². The summed E-state index contributed by atoms with van der Waals surface area (Å²) in [5.74, 6) is 0.710. The minimum Gasteiger partial charge on any atom is -0.349 e. The molecule has 2 rings (SSSR count). The first-order valence-corrected chi connectivity index (χ1v) is 4.94. The molecule has 78 valence electrons. The van der Waals surface area contributed by atoms with Crippen molar-refractivity contribution in [2.75, 3.05) is 5.32 Å². The number of rotatable bonds is 4. The van der Waals surface area contributed by atoms with E-state index < -0.39 is 0 Å².